The fourth-order valence-electron chi connectivity index (χ4n) is 1.97. The van der Waals surface area contributed by atoms with Gasteiger partial charge in [-0.1, -0.05) is 30.3 Å². The summed E-state index contributed by atoms with van der Waals surface area (Å²) in [6, 6.07) is 13.3. The molecule has 20 heavy (non-hydrogen) atoms. The summed E-state index contributed by atoms with van der Waals surface area (Å²) < 4.78 is 0.662. The largest absolute Gasteiger partial charge is 0.619 e. The fourth-order valence-corrected chi connectivity index (χ4v) is 1.97. The predicted molar refractivity (Wildman–Crippen MR) is 77.1 cm³/mol. The topological polar surface area (TPSA) is 56.0 Å². The van der Waals surface area contributed by atoms with Crippen molar-refractivity contribution < 1.29 is 9.52 Å². The number of pyridine rings is 1. The lowest BCUT2D eigenvalue weighted by atomic mass is 10.1. The molecule has 0 radical (unpaired) electrons. The first-order valence-electron chi connectivity index (χ1n) is 6.69. The number of hydrogen-bond acceptors (Lipinski definition) is 2. The molecule has 2 aromatic rings. The molecule has 1 heterocycles. The minimum absolute atomic E-state index is 0.0855. The molecule has 4 heteroatoms. The second kappa shape index (κ2) is 6.70. The SMILES string of the molecule is C[C@H](CCc1ccccc1)NC(=O)c1cc[n+]([O-])cc1. The molecule has 1 amide bonds. The maximum Gasteiger partial charge on any atom is 0.251 e. The number of hydrogen-bond donors (Lipinski definition) is 1. The van der Waals surface area contributed by atoms with Crippen molar-refractivity contribution >= 4 is 5.91 Å². The van der Waals surface area contributed by atoms with E-state index >= 15 is 0 Å². The Bertz CT molecular complexity index is 552. The number of amides is 1. The quantitative estimate of drug-likeness (QED) is 0.668. The van der Waals surface area contributed by atoms with E-state index in [4.69, 9.17) is 0 Å². The van der Waals surface area contributed by atoms with Crippen LogP contribution >= 0.6 is 0 Å². The van der Waals surface area contributed by atoms with Gasteiger partial charge in [-0.05, 0) is 25.3 Å². The molecule has 0 fully saturated rings. The van der Waals surface area contributed by atoms with E-state index in [2.05, 4.69) is 17.4 Å². The molecule has 0 saturated heterocycles. The van der Waals surface area contributed by atoms with Gasteiger partial charge in [0, 0.05) is 18.2 Å². The zero-order valence-corrected chi connectivity index (χ0v) is 11.5. The van der Waals surface area contributed by atoms with E-state index in [0.717, 1.165) is 12.8 Å². The van der Waals surface area contributed by atoms with Crippen molar-refractivity contribution in [2.24, 2.45) is 0 Å². The molecule has 4 nitrogen and oxygen atoms in total. The second-order valence-corrected chi connectivity index (χ2v) is 4.85. The van der Waals surface area contributed by atoms with E-state index in [0.29, 0.717) is 10.3 Å². The van der Waals surface area contributed by atoms with Crippen LogP contribution in [0.2, 0.25) is 0 Å². The highest BCUT2D eigenvalue weighted by atomic mass is 16.5. The monoisotopic (exact) mass is 270 g/mol. The zero-order chi connectivity index (χ0) is 14.4. The van der Waals surface area contributed by atoms with E-state index in [1.807, 2.05) is 25.1 Å². The number of aryl methyl sites for hydroxylation is 1. The molecular formula is C16H18N2O2. The van der Waals surface area contributed by atoms with Crippen LogP contribution < -0.4 is 10.0 Å². The summed E-state index contributed by atoms with van der Waals surface area (Å²) in [7, 11) is 0. The highest BCUT2D eigenvalue weighted by Gasteiger charge is 2.10. The third-order valence-electron chi connectivity index (χ3n) is 3.15. The predicted octanol–water partition coefficient (Wildman–Crippen LogP) is 2.07. The minimum Gasteiger partial charge on any atom is -0.619 e. The Labute approximate surface area is 118 Å². The van der Waals surface area contributed by atoms with Gasteiger partial charge in [0.15, 0.2) is 12.4 Å². The number of rotatable bonds is 5. The van der Waals surface area contributed by atoms with Crippen molar-refractivity contribution in [2.45, 2.75) is 25.8 Å². The Kier molecular flexibility index (Phi) is 4.71. The van der Waals surface area contributed by atoms with Crippen LogP contribution in [0.1, 0.15) is 29.3 Å². The van der Waals surface area contributed by atoms with E-state index in [-0.39, 0.29) is 11.9 Å². The van der Waals surface area contributed by atoms with Crippen molar-refractivity contribution in [3.8, 4) is 0 Å². The molecule has 1 aromatic carbocycles. The number of aromatic nitrogens is 1. The lowest BCUT2D eigenvalue weighted by molar-refractivity contribution is -0.605. The number of benzene rings is 1. The minimum atomic E-state index is -0.147. The molecule has 104 valence electrons. The highest BCUT2D eigenvalue weighted by molar-refractivity contribution is 5.94. The van der Waals surface area contributed by atoms with Gasteiger partial charge in [0.2, 0.25) is 0 Å². The van der Waals surface area contributed by atoms with Crippen LogP contribution in [0, 0.1) is 5.21 Å². The van der Waals surface area contributed by atoms with Gasteiger partial charge in [0.05, 0.1) is 5.56 Å². The van der Waals surface area contributed by atoms with Crippen LogP contribution in [0.15, 0.2) is 54.9 Å². The van der Waals surface area contributed by atoms with Gasteiger partial charge in [-0.15, -0.1) is 0 Å². The molecular weight excluding hydrogens is 252 g/mol. The summed E-state index contributed by atoms with van der Waals surface area (Å²) in [5, 5.41) is 13.8. The second-order valence-electron chi connectivity index (χ2n) is 4.85. The van der Waals surface area contributed by atoms with Gasteiger partial charge in [-0.3, -0.25) is 4.79 Å². The normalized spacial score (nSPS) is 11.8. The lowest BCUT2D eigenvalue weighted by Gasteiger charge is -2.13. The van der Waals surface area contributed by atoms with Crippen molar-refractivity contribution in [3.63, 3.8) is 0 Å². The highest BCUT2D eigenvalue weighted by Crippen LogP contribution is 2.05. The maximum atomic E-state index is 12.0. The molecule has 0 spiro atoms. The Hall–Kier alpha value is -2.36. The first-order valence-corrected chi connectivity index (χ1v) is 6.69. The lowest BCUT2D eigenvalue weighted by Crippen LogP contribution is -2.33. The van der Waals surface area contributed by atoms with Crippen LogP contribution in [0.5, 0.6) is 0 Å². The molecule has 0 unspecified atom stereocenters. The Morgan fingerprint density at radius 2 is 1.85 bits per heavy atom. The van der Waals surface area contributed by atoms with Gasteiger partial charge in [0.25, 0.3) is 5.91 Å². The van der Waals surface area contributed by atoms with Crippen LogP contribution in [0.4, 0.5) is 0 Å². The van der Waals surface area contributed by atoms with Crippen LogP contribution in [-0.4, -0.2) is 11.9 Å². The summed E-state index contributed by atoms with van der Waals surface area (Å²) in [5.74, 6) is -0.147. The summed E-state index contributed by atoms with van der Waals surface area (Å²) >= 11 is 0. The molecule has 1 atom stereocenters. The molecule has 1 aromatic heterocycles. The van der Waals surface area contributed by atoms with Crippen LogP contribution in [0.3, 0.4) is 0 Å². The molecule has 1 N–H and O–H groups in total. The third-order valence-corrected chi connectivity index (χ3v) is 3.15. The fraction of sp³-hybridized carbons (Fsp3) is 0.250. The number of nitrogens with zero attached hydrogens (tertiary/aromatic N) is 1. The first kappa shape index (κ1) is 14.1. The zero-order valence-electron chi connectivity index (χ0n) is 11.5. The van der Waals surface area contributed by atoms with Gasteiger partial charge in [0.1, 0.15) is 0 Å². The van der Waals surface area contributed by atoms with Crippen LogP contribution in [0.25, 0.3) is 0 Å². The number of nitrogens with one attached hydrogen (secondary N) is 1. The van der Waals surface area contributed by atoms with E-state index in [1.54, 1.807) is 0 Å². The Morgan fingerprint density at radius 1 is 1.20 bits per heavy atom. The maximum absolute atomic E-state index is 12.0. The average molecular weight is 270 g/mol. The van der Waals surface area contributed by atoms with E-state index in [9.17, 15) is 10.0 Å². The molecule has 0 aliphatic rings. The summed E-state index contributed by atoms with van der Waals surface area (Å²) in [4.78, 5) is 12.0. The molecule has 0 aliphatic heterocycles. The smallest absolute Gasteiger partial charge is 0.251 e. The molecule has 2 rings (SSSR count). The summed E-state index contributed by atoms with van der Waals surface area (Å²) in [5.41, 5.74) is 1.77. The summed E-state index contributed by atoms with van der Waals surface area (Å²) in [6.45, 7) is 1.98. The molecule has 0 aliphatic carbocycles. The van der Waals surface area contributed by atoms with Crippen LogP contribution in [-0.2, 0) is 6.42 Å². The Balaban J connectivity index is 1.83. The molecule has 0 bridgehead atoms. The van der Waals surface area contributed by atoms with Crippen molar-refractivity contribution in [1.29, 1.82) is 0 Å². The summed E-state index contributed by atoms with van der Waals surface area (Å²) in [6.07, 6.45) is 4.45. The number of carbonyl (C=O) groups is 1. The van der Waals surface area contributed by atoms with Gasteiger partial charge in [-0.25, -0.2) is 0 Å². The standard InChI is InChI=1S/C16H18N2O2/c1-13(7-8-14-5-3-2-4-6-14)17-16(19)15-9-11-18(20)12-10-15/h2-6,9-13H,7-8H2,1H3,(H,17,19)/t13-/m1/s1. The van der Waals surface area contributed by atoms with Crippen molar-refractivity contribution in [2.75, 3.05) is 0 Å². The Morgan fingerprint density at radius 3 is 2.50 bits per heavy atom. The number of carbonyl (C=O) groups excluding carboxylic acids is 1. The average Bonchev–Trinajstić information content (AvgIpc) is 2.47. The molecule has 0 saturated carbocycles. The van der Waals surface area contributed by atoms with E-state index < -0.39 is 0 Å². The third kappa shape index (κ3) is 4.09. The van der Waals surface area contributed by atoms with E-state index in [1.165, 1.54) is 30.1 Å². The van der Waals surface area contributed by atoms with Gasteiger partial charge in [-0.2, -0.15) is 4.73 Å². The van der Waals surface area contributed by atoms with Gasteiger partial charge < -0.3 is 10.5 Å². The first-order chi connectivity index (χ1) is 9.65. The van der Waals surface area contributed by atoms with Crippen molar-refractivity contribution in [3.05, 3.63) is 71.2 Å². The van der Waals surface area contributed by atoms with Crippen molar-refractivity contribution in [1.82, 2.24) is 5.32 Å². The van der Waals surface area contributed by atoms with Gasteiger partial charge >= 0.3 is 0 Å².